The number of nitrogens with zero attached hydrogens (tertiary/aromatic N) is 2. The van der Waals surface area contributed by atoms with Gasteiger partial charge in [-0.1, -0.05) is 60.2 Å². The number of anilines is 1. The number of benzene rings is 4. The number of amides is 2. The number of likely N-dealkylation sites (N-methyl/N-ethyl adjacent to an activating group) is 1. The molecule has 0 radical (unpaired) electrons. The Morgan fingerprint density at radius 2 is 1.53 bits per heavy atom. The lowest BCUT2D eigenvalue weighted by molar-refractivity contribution is -0.139. The Morgan fingerprint density at radius 3 is 2.20 bits per heavy atom. The average Bonchev–Trinajstić information content (AvgIpc) is 3.06. The van der Waals surface area contributed by atoms with Gasteiger partial charge >= 0.3 is 0 Å². The number of carbonyl (C=O) groups is 2. The number of fused-ring (bicyclic) bond motifs is 1. The van der Waals surface area contributed by atoms with E-state index in [1.807, 2.05) is 61.5 Å². The molecule has 1 aliphatic rings. The molecule has 0 unspecified atom stereocenters. The third-order valence-corrected chi connectivity index (χ3v) is 9.26. The number of rotatable bonds is 11. The Kier molecular flexibility index (Phi) is 9.68. The lowest BCUT2D eigenvalue weighted by Crippen LogP contribution is -2.53. The smallest absolute Gasteiger partial charge is 0.264 e. The number of nitrogens with one attached hydrogen (secondary N) is 1. The molecule has 5 rings (SSSR count). The van der Waals surface area contributed by atoms with Crippen LogP contribution < -0.4 is 19.1 Å². The van der Waals surface area contributed by atoms with Crippen LogP contribution in [0.3, 0.4) is 0 Å². The molecule has 1 aliphatic heterocycles. The van der Waals surface area contributed by atoms with Gasteiger partial charge in [-0.05, 0) is 54.4 Å². The third kappa shape index (κ3) is 7.43. The molecule has 0 bridgehead atoms. The molecule has 234 valence electrons. The normalized spacial score (nSPS) is 13.0. The van der Waals surface area contributed by atoms with Crippen LogP contribution in [0, 0.1) is 12.7 Å². The number of hydrogen-bond acceptors (Lipinski definition) is 6. The first-order valence-corrected chi connectivity index (χ1v) is 15.9. The van der Waals surface area contributed by atoms with E-state index in [0.29, 0.717) is 12.4 Å². The molecule has 0 spiro atoms. The van der Waals surface area contributed by atoms with Gasteiger partial charge in [0.15, 0.2) is 11.5 Å². The van der Waals surface area contributed by atoms with E-state index in [0.717, 1.165) is 33.1 Å². The fourth-order valence-electron chi connectivity index (χ4n) is 5.06. The second-order valence-corrected chi connectivity index (χ2v) is 12.5. The van der Waals surface area contributed by atoms with Crippen LogP contribution in [-0.4, -0.2) is 58.0 Å². The molecule has 0 fully saturated rings. The van der Waals surface area contributed by atoms with Gasteiger partial charge in [-0.3, -0.25) is 13.9 Å². The molecule has 4 aromatic carbocycles. The molecule has 4 aromatic rings. The Bertz CT molecular complexity index is 1750. The summed E-state index contributed by atoms with van der Waals surface area (Å²) >= 11 is 0. The van der Waals surface area contributed by atoms with E-state index in [1.165, 1.54) is 42.3 Å². The fraction of sp³-hybridized carbons (Fsp3) is 0.235. The quantitative estimate of drug-likeness (QED) is 0.262. The largest absolute Gasteiger partial charge is 0.486 e. The number of sulfonamides is 1. The molecule has 0 saturated heterocycles. The van der Waals surface area contributed by atoms with Crippen molar-refractivity contribution in [1.29, 1.82) is 0 Å². The highest BCUT2D eigenvalue weighted by Crippen LogP contribution is 2.34. The van der Waals surface area contributed by atoms with Gasteiger partial charge in [0, 0.05) is 26.1 Å². The highest BCUT2D eigenvalue weighted by atomic mass is 32.2. The third-order valence-electron chi connectivity index (χ3n) is 7.49. The molecule has 2 amide bonds. The molecule has 0 aromatic heterocycles. The van der Waals surface area contributed by atoms with E-state index in [2.05, 4.69) is 5.32 Å². The summed E-state index contributed by atoms with van der Waals surface area (Å²) in [5.74, 6) is -0.919. The van der Waals surface area contributed by atoms with Gasteiger partial charge in [-0.15, -0.1) is 0 Å². The Balaban J connectivity index is 1.55. The predicted octanol–water partition coefficient (Wildman–Crippen LogP) is 4.49. The maximum absolute atomic E-state index is 14.3. The number of ether oxygens (including phenoxy) is 2. The van der Waals surface area contributed by atoms with Crippen LogP contribution in [0.2, 0.25) is 0 Å². The van der Waals surface area contributed by atoms with Crippen LogP contribution in [0.15, 0.2) is 102 Å². The van der Waals surface area contributed by atoms with Crippen LogP contribution in [0.5, 0.6) is 11.5 Å². The van der Waals surface area contributed by atoms with Crippen LogP contribution in [0.1, 0.15) is 16.7 Å². The molecule has 45 heavy (non-hydrogen) atoms. The summed E-state index contributed by atoms with van der Waals surface area (Å²) in [5, 5.41) is 2.66. The van der Waals surface area contributed by atoms with Crippen molar-refractivity contribution < 1.29 is 31.9 Å². The van der Waals surface area contributed by atoms with Gasteiger partial charge in [0.25, 0.3) is 10.0 Å². The zero-order valence-electron chi connectivity index (χ0n) is 25.0. The summed E-state index contributed by atoms with van der Waals surface area (Å²) < 4.78 is 54.4. The second-order valence-electron chi connectivity index (χ2n) is 10.6. The first-order valence-electron chi connectivity index (χ1n) is 14.4. The summed E-state index contributed by atoms with van der Waals surface area (Å²) in [6, 6.07) is 24.9. The summed E-state index contributed by atoms with van der Waals surface area (Å²) in [4.78, 5) is 29.0. The summed E-state index contributed by atoms with van der Waals surface area (Å²) in [7, 11) is -2.90. The maximum Gasteiger partial charge on any atom is 0.264 e. The molecule has 0 aliphatic carbocycles. The molecular formula is C34H34FN3O6S. The van der Waals surface area contributed by atoms with Crippen LogP contribution in [0.25, 0.3) is 0 Å². The molecule has 9 nitrogen and oxygen atoms in total. The topological polar surface area (TPSA) is 105 Å². The minimum absolute atomic E-state index is 0.0470. The van der Waals surface area contributed by atoms with Gasteiger partial charge < -0.3 is 19.7 Å². The van der Waals surface area contributed by atoms with Crippen molar-refractivity contribution in [1.82, 2.24) is 10.2 Å². The van der Waals surface area contributed by atoms with E-state index >= 15 is 0 Å². The van der Waals surface area contributed by atoms with Crippen LogP contribution >= 0.6 is 0 Å². The summed E-state index contributed by atoms with van der Waals surface area (Å²) in [5.41, 5.74) is 2.69. The van der Waals surface area contributed by atoms with Crippen molar-refractivity contribution in [3.05, 3.63) is 120 Å². The number of halogens is 1. The van der Waals surface area contributed by atoms with Gasteiger partial charge in [-0.2, -0.15) is 0 Å². The lowest BCUT2D eigenvalue weighted by Gasteiger charge is -2.33. The zero-order valence-corrected chi connectivity index (χ0v) is 25.8. The van der Waals surface area contributed by atoms with Gasteiger partial charge in [0.2, 0.25) is 11.8 Å². The first kappa shape index (κ1) is 31.5. The van der Waals surface area contributed by atoms with E-state index in [1.54, 1.807) is 0 Å². The summed E-state index contributed by atoms with van der Waals surface area (Å²) in [6.45, 7) is 1.93. The maximum atomic E-state index is 14.3. The van der Waals surface area contributed by atoms with E-state index < -0.39 is 40.2 Å². The van der Waals surface area contributed by atoms with Crippen molar-refractivity contribution in [2.24, 2.45) is 0 Å². The highest BCUT2D eigenvalue weighted by Gasteiger charge is 2.35. The molecule has 1 heterocycles. The van der Waals surface area contributed by atoms with Crippen molar-refractivity contribution >= 4 is 27.5 Å². The molecule has 11 heteroatoms. The monoisotopic (exact) mass is 631 g/mol. The van der Waals surface area contributed by atoms with Gasteiger partial charge in [0.1, 0.15) is 31.6 Å². The van der Waals surface area contributed by atoms with Crippen LogP contribution in [-0.2, 0) is 32.6 Å². The van der Waals surface area contributed by atoms with Crippen molar-refractivity contribution in [2.45, 2.75) is 30.8 Å². The molecule has 1 atom stereocenters. The van der Waals surface area contributed by atoms with Crippen LogP contribution in [0.4, 0.5) is 10.1 Å². The SMILES string of the molecule is CNC(=O)[C@@H](Cc1ccccc1)N(Cc1ccc(C)cc1)C(=O)CN(c1ccc(F)cc1)S(=O)(=O)c1ccc2c(c1)OCCO2. The van der Waals surface area contributed by atoms with E-state index in [9.17, 15) is 22.4 Å². The first-order chi connectivity index (χ1) is 21.7. The lowest BCUT2D eigenvalue weighted by atomic mass is 10.0. The minimum Gasteiger partial charge on any atom is -0.486 e. The fourth-order valence-corrected chi connectivity index (χ4v) is 6.49. The number of aryl methyl sites for hydroxylation is 1. The van der Waals surface area contributed by atoms with Crippen molar-refractivity contribution in [3.63, 3.8) is 0 Å². The van der Waals surface area contributed by atoms with E-state index in [4.69, 9.17) is 9.47 Å². The van der Waals surface area contributed by atoms with Crippen molar-refractivity contribution in [3.8, 4) is 11.5 Å². The van der Waals surface area contributed by atoms with Gasteiger partial charge in [0.05, 0.1) is 10.6 Å². The standard InChI is InChI=1S/C34H34FN3O6S/c1-24-8-10-26(11-9-24)22-37(30(34(40)36-2)20-25-6-4-3-5-7-25)33(39)23-38(28-14-12-27(35)13-15-28)45(41,42)29-16-17-31-32(21-29)44-19-18-43-31/h3-17,21,30H,18-20,22-23H2,1-2H3,(H,36,40)/t30-/m1/s1. The average molecular weight is 632 g/mol. The highest BCUT2D eigenvalue weighted by molar-refractivity contribution is 7.92. The second kappa shape index (κ2) is 13.8. The minimum atomic E-state index is -4.39. The van der Waals surface area contributed by atoms with E-state index in [-0.39, 0.29) is 35.9 Å². The zero-order chi connectivity index (χ0) is 32.0. The van der Waals surface area contributed by atoms with Crippen molar-refractivity contribution in [2.75, 3.05) is 31.1 Å². The summed E-state index contributed by atoms with van der Waals surface area (Å²) in [6.07, 6.45) is 0.198. The molecular weight excluding hydrogens is 597 g/mol. The Labute approximate surface area is 262 Å². The molecule has 1 N–H and O–H groups in total. The molecule has 0 saturated carbocycles. The Hall–Kier alpha value is -4.90. The number of carbonyl (C=O) groups excluding carboxylic acids is 2. The predicted molar refractivity (Wildman–Crippen MR) is 168 cm³/mol. The Morgan fingerprint density at radius 1 is 0.867 bits per heavy atom. The van der Waals surface area contributed by atoms with Gasteiger partial charge in [-0.25, -0.2) is 12.8 Å². The number of hydrogen-bond donors (Lipinski definition) is 1.